The maximum atomic E-state index is 13.8. The van der Waals surface area contributed by atoms with Crippen molar-refractivity contribution in [3.63, 3.8) is 0 Å². The van der Waals surface area contributed by atoms with Crippen molar-refractivity contribution < 1.29 is 14.3 Å². The van der Waals surface area contributed by atoms with Crippen molar-refractivity contribution in [3.05, 3.63) is 113 Å². The fourth-order valence-corrected chi connectivity index (χ4v) is 4.58. The van der Waals surface area contributed by atoms with Gasteiger partial charge in [-0.1, -0.05) is 97.4 Å². The Morgan fingerprint density at radius 3 is 2.34 bits per heavy atom. The lowest BCUT2D eigenvalue weighted by molar-refractivity contribution is -0.143. The molecule has 5 nitrogen and oxygen atoms in total. The number of halogens is 1. The Balaban J connectivity index is 1.65. The van der Waals surface area contributed by atoms with Crippen LogP contribution in [0.2, 0.25) is 5.02 Å². The zero-order valence-corrected chi connectivity index (χ0v) is 22.5. The molecular weight excluding hydrogens is 496 g/mol. The maximum absolute atomic E-state index is 13.8. The molecule has 196 valence electrons. The third-order valence-corrected chi connectivity index (χ3v) is 6.85. The number of rotatable bonds is 11. The summed E-state index contributed by atoms with van der Waals surface area (Å²) in [5.74, 6) is 0.157. The van der Waals surface area contributed by atoms with Gasteiger partial charge in [-0.25, -0.2) is 0 Å². The predicted molar refractivity (Wildman–Crippen MR) is 153 cm³/mol. The van der Waals surface area contributed by atoms with E-state index < -0.39 is 6.04 Å². The Morgan fingerprint density at radius 2 is 1.58 bits per heavy atom. The van der Waals surface area contributed by atoms with E-state index in [4.69, 9.17) is 16.3 Å². The third kappa shape index (κ3) is 7.14. The summed E-state index contributed by atoms with van der Waals surface area (Å²) in [6, 6.07) is 30.0. The maximum Gasteiger partial charge on any atom is 0.261 e. The number of carbonyl (C=O) groups is 2. The molecule has 0 saturated carbocycles. The topological polar surface area (TPSA) is 58.6 Å². The lowest BCUT2D eigenvalue weighted by Gasteiger charge is -2.32. The van der Waals surface area contributed by atoms with Crippen LogP contribution in [-0.2, 0) is 22.6 Å². The number of fused-ring (bicyclic) bond motifs is 1. The Morgan fingerprint density at radius 1 is 0.895 bits per heavy atom. The van der Waals surface area contributed by atoms with Crippen molar-refractivity contribution in [1.82, 2.24) is 10.2 Å². The fraction of sp³-hybridized carbons (Fsp3) is 0.250. The Hall–Kier alpha value is -3.83. The number of ether oxygens (including phenoxy) is 1. The van der Waals surface area contributed by atoms with E-state index in [1.807, 2.05) is 105 Å². The zero-order valence-electron chi connectivity index (χ0n) is 21.8. The molecule has 0 heterocycles. The van der Waals surface area contributed by atoms with Crippen LogP contribution >= 0.6 is 11.6 Å². The second kappa shape index (κ2) is 13.1. The first-order valence-corrected chi connectivity index (χ1v) is 13.3. The number of nitrogens with zero attached hydrogens (tertiary/aromatic N) is 1. The van der Waals surface area contributed by atoms with E-state index >= 15 is 0 Å². The summed E-state index contributed by atoms with van der Waals surface area (Å²) in [4.78, 5) is 29.0. The molecule has 2 amide bonds. The Labute approximate surface area is 229 Å². The summed E-state index contributed by atoms with van der Waals surface area (Å²) >= 11 is 6.26. The second-order valence-electron chi connectivity index (χ2n) is 9.44. The van der Waals surface area contributed by atoms with Crippen LogP contribution in [0.3, 0.4) is 0 Å². The van der Waals surface area contributed by atoms with Gasteiger partial charge in [-0.15, -0.1) is 0 Å². The van der Waals surface area contributed by atoms with E-state index in [2.05, 4.69) is 5.32 Å². The van der Waals surface area contributed by atoms with Gasteiger partial charge in [-0.05, 0) is 48.1 Å². The smallest absolute Gasteiger partial charge is 0.261 e. The van der Waals surface area contributed by atoms with Crippen molar-refractivity contribution in [3.8, 4) is 5.75 Å². The first kappa shape index (κ1) is 27.2. The normalized spacial score (nSPS) is 12.5. The summed E-state index contributed by atoms with van der Waals surface area (Å²) in [5, 5.41) is 5.62. The second-order valence-corrected chi connectivity index (χ2v) is 9.88. The highest BCUT2D eigenvalue weighted by molar-refractivity contribution is 6.30. The standard InChI is InChI=1S/C32H33ClN2O3/c1-3-23(2)34-32(37)29(20-24-11-5-4-6-12-24)35(21-25-13-9-16-27(33)19-25)31(36)22-38-30-18-10-15-26-14-7-8-17-28(26)30/h4-19,23,29H,3,20-22H2,1-2H3,(H,34,37)/t23-,29-/m0/s1. The molecule has 0 aromatic heterocycles. The number of amides is 2. The average Bonchev–Trinajstić information content (AvgIpc) is 2.94. The van der Waals surface area contributed by atoms with E-state index in [0.717, 1.165) is 28.3 Å². The largest absolute Gasteiger partial charge is 0.483 e. The number of carbonyl (C=O) groups excluding carboxylic acids is 2. The van der Waals surface area contributed by atoms with Gasteiger partial charge in [0.25, 0.3) is 5.91 Å². The molecule has 0 unspecified atom stereocenters. The Kier molecular flexibility index (Phi) is 9.39. The van der Waals surface area contributed by atoms with Crippen LogP contribution in [0.4, 0.5) is 0 Å². The molecule has 0 bridgehead atoms. The molecule has 2 atom stereocenters. The molecule has 0 spiro atoms. The minimum absolute atomic E-state index is 0.0178. The molecule has 38 heavy (non-hydrogen) atoms. The van der Waals surface area contributed by atoms with Gasteiger partial charge in [-0.3, -0.25) is 9.59 Å². The van der Waals surface area contributed by atoms with Gasteiger partial charge in [0.1, 0.15) is 11.8 Å². The van der Waals surface area contributed by atoms with E-state index in [1.54, 1.807) is 11.0 Å². The molecule has 0 saturated heterocycles. The third-order valence-electron chi connectivity index (χ3n) is 6.61. The fourth-order valence-electron chi connectivity index (χ4n) is 4.37. The van der Waals surface area contributed by atoms with Crippen molar-refractivity contribution in [2.24, 2.45) is 0 Å². The molecule has 0 aliphatic carbocycles. The molecule has 0 radical (unpaired) electrons. The summed E-state index contributed by atoms with van der Waals surface area (Å²) in [7, 11) is 0. The van der Waals surface area contributed by atoms with Gasteiger partial charge in [-0.2, -0.15) is 0 Å². The first-order chi connectivity index (χ1) is 18.4. The summed E-state index contributed by atoms with van der Waals surface area (Å²) in [5.41, 5.74) is 1.81. The van der Waals surface area contributed by atoms with Gasteiger partial charge >= 0.3 is 0 Å². The lowest BCUT2D eigenvalue weighted by atomic mass is 10.0. The van der Waals surface area contributed by atoms with E-state index in [1.165, 1.54) is 0 Å². The number of nitrogens with one attached hydrogen (secondary N) is 1. The zero-order chi connectivity index (χ0) is 26.9. The summed E-state index contributed by atoms with van der Waals surface area (Å²) < 4.78 is 6.06. The van der Waals surface area contributed by atoms with Crippen molar-refractivity contribution >= 4 is 34.2 Å². The lowest BCUT2D eigenvalue weighted by Crippen LogP contribution is -2.53. The monoisotopic (exact) mass is 528 g/mol. The van der Waals surface area contributed by atoms with Gasteiger partial charge in [0.2, 0.25) is 5.91 Å². The highest BCUT2D eigenvalue weighted by atomic mass is 35.5. The number of benzene rings is 4. The van der Waals surface area contributed by atoms with Crippen LogP contribution in [0.15, 0.2) is 97.1 Å². The van der Waals surface area contributed by atoms with E-state index in [9.17, 15) is 9.59 Å². The SMILES string of the molecule is CC[C@H](C)NC(=O)[C@H](Cc1ccccc1)N(Cc1cccc(Cl)c1)C(=O)COc1cccc2ccccc12. The van der Waals surface area contributed by atoms with Gasteiger partial charge in [0, 0.05) is 29.4 Å². The predicted octanol–water partition coefficient (Wildman–Crippen LogP) is 6.43. The molecule has 0 aliphatic heterocycles. The molecule has 0 fully saturated rings. The van der Waals surface area contributed by atoms with Crippen molar-refractivity contribution in [2.75, 3.05) is 6.61 Å². The van der Waals surface area contributed by atoms with Crippen LogP contribution in [0, 0.1) is 0 Å². The van der Waals surface area contributed by atoms with Gasteiger partial charge < -0.3 is 15.0 Å². The molecule has 4 aromatic carbocycles. The van der Waals surface area contributed by atoms with E-state index in [0.29, 0.717) is 17.2 Å². The van der Waals surface area contributed by atoms with Crippen LogP contribution in [-0.4, -0.2) is 35.4 Å². The minimum atomic E-state index is -0.728. The molecule has 0 aliphatic rings. The van der Waals surface area contributed by atoms with Gasteiger partial charge in [0.15, 0.2) is 6.61 Å². The van der Waals surface area contributed by atoms with Gasteiger partial charge in [0.05, 0.1) is 0 Å². The number of hydrogen-bond donors (Lipinski definition) is 1. The minimum Gasteiger partial charge on any atom is -0.483 e. The van der Waals surface area contributed by atoms with Crippen LogP contribution in [0.5, 0.6) is 5.75 Å². The molecular formula is C32H33ClN2O3. The van der Waals surface area contributed by atoms with E-state index in [-0.39, 0.29) is 31.0 Å². The molecule has 6 heteroatoms. The highest BCUT2D eigenvalue weighted by Gasteiger charge is 2.31. The quantitative estimate of drug-likeness (QED) is 0.244. The Bertz CT molecular complexity index is 1370. The number of hydrogen-bond acceptors (Lipinski definition) is 3. The molecule has 4 aromatic rings. The molecule has 1 N–H and O–H groups in total. The molecule has 4 rings (SSSR count). The van der Waals surface area contributed by atoms with Crippen molar-refractivity contribution in [2.45, 2.75) is 45.3 Å². The average molecular weight is 529 g/mol. The van der Waals surface area contributed by atoms with Crippen LogP contribution in [0.1, 0.15) is 31.4 Å². The van der Waals surface area contributed by atoms with Crippen LogP contribution in [0.25, 0.3) is 10.8 Å². The van der Waals surface area contributed by atoms with Crippen molar-refractivity contribution in [1.29, 1.82) is 0 Å². The summed E-state index contributed by atoms with van der Waals surface area (Å²) in [6.45, 7) is 4.01. The first-order valence-electron chi connectivity index (χ1n) is 12.9. The van der Waals surface area contributed by atoms with Crippen LogP contribution < -0.4 is 10.1 Å². The summed E-state index contributed by atoms with van der Waals surface area (Å²) in [6.07, 6.45) is 1.17. The highest BCUT2D eigenvalue weighted by Crippen LogP contribution is 2.25.